The molecule has 0 saturated heterocycles. The van der Waals surface area contributed by atoms with Gasteiger partial charge in [-0.3, -0.25) is 9.59 Å². The summed E-state index contributed by atoms with van der Waals surface area (Å²) < 4.78 is 0. The molecule has 2 aromatic rings. The van der Waals surface area contributed by atoms with Crippen LogP contribution >= 0.6 is 0 Å². The van der Waals surface area contributed by atoms with Crippen molar-refractivity contribution < 1.29 is 9.59 Å². The van der Waals surface area contributed by atoms with E-state index in [0.717, 1.165) is 40.3 Å². The zero-order chi connectivity index (χ0) is 25.3. The number of anilines is 3. The molecule has 6 nitrogen and oxygen atoms in total. The van der Waals surface area contributed by atoms with Gasteiger partial charge in [-0.05, 0) is 47.6 Å². The van der Waals surface area contributed by atoms with Crippen LogP contribution in [0.5, 0.6) is 0 Å². The number of nitrogens with one attached hydrogen (secondary N) is 2. The molecule has 1 heterocycles. The highest BCUT2D eigenvalue weighted by Crippen LogP contribution is 2.48. The second-order valence-corrected chi connectivity index (χ2v) is 11.2. The van der Waals surface area contributed by atoms with Crippen molar-refractivity contribution in [1.82, 2.24) is 5.32 Å². The van der Waals surface area contributed by atoms with E-state index >= 15 is 0 Å². The van der Waals surface area contributed by atoms with Crippen molar-refractivity contribution >= 4 is 28.8 Å². The highest BCUT2D eigenvalue weighted by atomic mass is 16.2. The van der Waals surface area contributed by atoms with Gasteiger partial charge in [0.1, 0.15) is 0 Å². The topological polar surface area (TPSA) is 64.7 Å². The number of hydrogen-bond acceptors (Lipinski definition) is 5. The molecule has 0 aromatic heterocycles. The van der Waals surface area contributed by atoms with E-state index in [1.54, 1.807) is 0 Å². The van der Waals surface area contributed by atoms with Crippen LogP contribution in [0.15, 0.2) is 59.8 Å². The first-order valence-electron chi connectivity index (χ1n) is 12.5. The number of ketones is 1. The van der Waals surface area contributed by atoms with Gasteiger partial charge in [0.05, 0.1) is 24.0 Å². The van der Waals surface area contributed by atoms with E-state index in [-0.39, 0.29) is 29.7 Å². The third-order valence-corrected chi connectivity index (χ3v) is 6.75. The largest absolute Gasteiger partial charge is 0.378 e. The number of benzene rings is 2. The predicted octanol–water partition coefficient (Wildman–Crippen LogP) is 5.14. The first-order chi connectivity index (χ1) is 16.6. The van der Waals surface area contributed by atoms with Gasteiger partial charge in [-0.1, -0.05) is 52.0 Å². The molecule has 1 unspecified atom stereocenters. The monoisotopic (exact) mass is 474 g/mol. The van der Waals surface area contributed by atoms with Crippen LogP contribution < -0.4 is 20.4 Å². The summed E-state index contributed by atoms with van der Waals surface area (Å²) in [6.45, 7) is 9.24. The van der Waals surface area contributed by atoms with Gasteiger partial charge in [0.15, 0.2) is 5.78 Å². The molecule has 2 N–H and O–H groups in total. The average Bonchev–Trinajstić information content (AvgIpc) is 2.91. The Bertz CT molecular complexity index is 1130. The molecule has 186 valence electrons. The van der Waals surface area contributed by atoms with Gasteiger partial charge in [0.25, 0.3) is 0 Å². The predicted molar refractivity (Wildman–Crippen MR) is 144 cm³/mol. The Kier molecular flexibility index (Phi) is 6.93. The fourth-order valence-electron chi connectivity index (χ4n) is 5.06. The zero-order valence-electron chi connectivity index (χ0n) is 21.8. The van der Waals surface area contributed by atoms with Crippen LogP contribution in [0.25, 0.3) is 0 Å². The molecule has 1 atom stereocenters. The maximum absolute atomic E-state index is 13.7. The maximum Gasteiger partial charge on any atom is 0.239 e. The van der Waals surface area contributed by atoms with Crippen molar-refractivity contribution in [3.63, 3.8) is 0 Å². The Morgan fingerprint density at radius 3 is 2.46 bits per heavy atom. The van der Waals surface area contributed by atoms with Gasteiger partial charge in [-0.2, -0.15) is 0 Å². The molecule has 2 aromatic carbocycles. The van der Waals surface area contributed by atoms with E-state index in [9.17, 15) is 9.59 Å². The number of carbonyl (C=O) groups excluding carboxylic acids is 2. The third kappa shape index (κ3) is 5.37. The fraction of sp³-hybridized carbons (Fsp3) is 0.448. The highest BCUT2D eigenvalue weighted by Gasteiger charge is 2.41. The lowest BCUT2D eigenvalue weighted by Gasteiger charge is -2.38. The molecule has 0 spiro atoms. The van der Waals surface area contributed by atoms with Crippen LogP contribution in [0.3, 0.4) is 0 Å². The summed E-state index contributed by atoms with van der Waals surface area (Å²) in [5.74, 6) is 0.463. The Labute approximate surface area is 209 Å². The molecule has 2 aliphatic rings. The number of carbonyl (C=O) groups is 2. The number of Topliss-reactive ketones (excluding diaryl/α,β-unsaturated/α-hetero) is 1. The molecule has 1 amide bonds. The van der Waals surface area contributed by atoms with Gasteiger partial charge >= 0.3 is 0 Å². The van der Waals surface area contributed by atoms with Crippen molar-refractivity contribution in [2.45, 2.75) is 46.6 Å². The lowest BCUT2D eigenvalue weighted by molar-refractivity contribution is -0.120. The Morgan fingerprint density at radius 2 is 1.80 bits per heavy atom. The molecule has 4 rings (SSSR count). The standard InChI is InChI=1S/C29H38N4O2/c1-19(2)17-30-26(35)18-33-24-10-8-7-9-22(24)31-23-15-29(3,4)16-25(34)27(23)28(33)20-11-13-21(14-12-20)32(5)6/h7-14,19,28,31H,15-18H2,1-6H3,(H,30,35). The normalized spacial score (nSPS) is 19.0. The summed E-state index contributed by atoms with van der Waals surface area (Å²) in [6.07, 6.45) is 1.27. The fourth-order valence-corrected chi connectivity index (χ4v) is 5.06. The molecule has 6 heteroatoms. The molecular weight excluding hydrogens is 436 g/mol. The summed E-state index contributed by atoms with van der Waals surface area (Å²) in [7, 11) is 4.03. The Hall–Kier alpha value is -3.28. The van der Waals surface area contributed by atoms with Crippen molar-refractivity contribution in [3.05, 3.63) is 65.4 Å². The Morgan fingerprint density at radius 1 is 1.11 bits per heavy atom. The molecule has 0 fully saturated rings. The van der Waals surface area contributed by atoms with Gasteiger partial charge < -0.3 is 20.4 Å². The molecule has 35 heavy (non-hydrogen) atoms. The van der Waals surface area contributed by atoms with Crippen molar-refractivity contribution in [2.75, 3.05) is 42.3 Å². The van der Waals surface area contributed by atoms with Crippen LogP contribution in [-0.4, -0.2) is 38.9 Å². The van der Waals surface area contributed by atoms with E-state index in [1.165, 1.54) is 0 Å². The highest BCUT2D eigenvalue weighted by molar-refractivity contribution is 6.01. The molecule has 0 saturated carbocycles. The first-order valence-corrected chi connectivity index (χ1v) is 12.5. The van der Waals surface area contributed by atoms with E-state index in [4.69, 9.17) is 0 Å². The van der Waals surface area contributed by atoms with E-state index < -0.39 is 0 Å². The number of hydrogen-bond donors (Lipinski definition) is 2. The van der Waals surface area contributed by atoms with Crippen LogP contribution in [0.1, 0.15) is 52.1 Å². The molecular formula is C29H38N4O2. The van der Waals surface area contributed by atoms with E-state index in [0.29, 0.717) is 18.9 Å². The minimum atomic E-state index is -0.356. The van der Waals surface area contributed by atoms with Crippen molar-refractivity contribution in [3.8, 4) is 0 Å². The lowest BCUT2D eigenvalue weighted by atomic mass is 9.73. The first kappa shape index (κ1) is 24.8. The number of allylic oxidation sites excluding steroid dienone is 1. The number of para-hydroxylation sites is 2. The number of rotatable bonds is 6. The second-order valence-electron chi connectivity index (χ2n) is 11.2. The summed E-state index contributed by atoms with van der Waals surface area (Å²) >= 11 is 0. The smallest absolute Gasteiger partial charge is 0.239 e. The van der Waals surface area contributed by atoms with Crippen molar-refractivity contribution in [2.24, 2.45) is 11.3 Å². The van der Waals surface area contributed by atoms with Crippen LogP contribution in [-0.2, 0) is 9.59 Å². The summed E-state index contributed by atoms with van der Waals surface area (Å²) in [5.41, 5.74) is 5.56. The molecule has 0 bridgehead atoms. The summed E-state index contributed by atoms with van der Waals surface area (Å²) in [6, 6.07) is 16.0. The summed E-state index contributed by atoms with van der Waals surface area (Å²) in [5, 5.41) is 6.67. The van der Waals surface area contributed by atoms with Gasteiger partial charge in [0.2, 0.25) is 5.91 Å². The lowest BCUT2D eigenvalue weighted by Crippen LogP contribution is -2.42. The minimum absolute atomic E-state index is 0.0453. The minimum Gasteiger partial charge on any atom is -0.378 e. The van der Waals surface area contributed by atoms with E-state index in [2.05, 4.69) is 72.4 Å². The molecule has 1 aliphatic carbocycles. The molecule has 1 aliphatic heterocycles. The average molecular weight is 475 g/mol. The Balaban J connectivity index is 1.87. The van der Waals surface area contributed by atoms with Crippen molar-refractivity contribution in [1.29, 1.82) is 0 Å². The van der Waals surface area contributed by atoms with Gasteiger partial charge in [-0.25, -0.2) is 0 Å². The number of nitrogens with zero attached hydrogens (tertiary/aromatic N) is 2. The van der Waals surface area contributed by atoms with Crippen LogP contribution in [0.4, 0.5) is 17.1 Å². The SMILES string of the molecule is CC(C)CNC(=O)CN1c2ccccc2NC2=C(C(=O)CC(C)(C)C2)C1c1ccc(N(C)C)cc1. The maximum atomic E-state index is 13.7. The summed E-state index contributed by atoms with van der Waals surface area (Å²) in [4.78, 5) is 31.0. The zero-order valence-corrected chi connectivity index (χ0v) is 21.8. The second kappa shape index (κ2) is 9.76. The van der Waals surface area contributed by atoms with Crippen LogP contribution in [0.2, 0.25) is 0 Å². The quantitative estimate of drug-likeness (QED) is 0.607. The number of amides is 1. The van der Waals surface area contributed by atoms with E-state index in [1.807, 2.05) is 38.4 Å². The van der Waals surface area contributed by atoms with Gasteiger partial charge in [0, 0.05) is 44.0 Å². The van der Waals surface area contributed by atoms with Gasteiger partial charge in [-0.15, -0.1) is 0 Å². The number of fused-ring (bicyclic) bond motifs is 1. The van der Waals surface area contributed by atoms with Crippen LogP contribution in [0, 0.1) is 11.3 Å². The molecule has 0 radical (unpaired) electrons. The third-order valence-electron chi connectivity index (χ3n) is 6.75.